The maximum Gasteiger partial charge on any atom is 0.233 e. The SMILES string of the molecule is CCOc1nc(Nc2ccc(-c3cn[nH]c3)cc2)ccc1C#N. The lowest BCUT2D eigenvalue weighted by atomic mass is 10.1. The molecule has 3 rings (SSSR count). The van der Waals surface area contributed by atoms with Crippen LogP contribution in [0.15, 0.2) is 48.8 Å². The van der Waals surface area contributed by atoms with Crippen LogP contribution in [0.3, 0.4) is 0 Å². The number of nitrogens with zero attached hydrogens (tertiary/aromatic N) is 3. The Morgan fingerprint density at radius 2 is 2.00 bits per heavy atom. The molecule has 0 aliphatic rings. The molecule has 23 heavy (non-hydrogen) atoms. The third kappa shape index (κ3) is 3.30. The minimum atomic E-state index is 0.343. The van der Waals surface area contributed by atoms with Crippen LogP contribution in [-0.4, -0.2) is 21.8 Å². The van der Waals surface area contributed by atoms with Gasteiger partial charge in [-0.3, -0.25) is 5.10 Å². The van der Waals surface area contributed by atoms with E-state index in [-0.39, 0.29) is 0 Å². The Balaban J connectivity index is 1.79. The molecule has 0 amide bonds. The van der Waals surface area contributed by atoms with Crippen LogP contribution in [0.1, 0.15) is 12.5 Å². The molecule has 0 bridgehead atoms. The van der Waals surface area contributed by atoms with Gasteiger partial charge < -0.3 is 10.1 Å². The highest BCUT2D eigenvalue weighted by Crippen LogP contribution is 2.24. The summed E-state index contributed by atoms with van der Waals surface area (Å²) in [7, 11) is 0. The zero-order valence-corrected chi connectivity index (χ0v) is 12.6. The van der Waals surface area contributed by atoms with Crippen molar-refractivity contribution in [1.29, 1.82) is 5.26 Å². The number of H-pyrrole nitrogens is 1. The Morgan fingerprint density at radius 1 is 1.17 bits per heavy atom. The van der Waals surface area contributed by atoms with Gasteiger partial charge in [-0.05, 0) is 36.8 Å². The molecule has 0 saturated carbocycles. The van der Waals surface area contributed by atoms with Crippen molar-refractivity contribution in [2.45, 2.75) is 6.92 Å². The average Bonchev–Trinajstić information content (AvgIpc) is 3.11. The first-order valence-corrected chi connectivity index (χ1v) is 7.20. The lowest BCUT2D eigenvalue weighted by Crippen LogP contribution is -2.00. The third-order valence-corrected chi connectivity index (χ3v) is 3.25. The monoisotopic (exact) mass is 305 g/mol. The van der Waals surface area contributed by atoms with Gasteiger partial charge in [0.2, 0.25) is 5.88 Å². The molecule has 1 aromatic carbocycles. The molecule has 0 saturated heterocycles. The minimum absolute atomic E-state index is 0.343. The smallest absolute Gasteiger partial charge is 0.233 e. The molecule has 6 heteroatoms. The second-order valence-electron chi connectivity index (χ2n) is 4.78. The first-order chi connectivity index (χ1) is 11.3. The van der Waals surface area contributed by atoms with Crippen LogP contribution in [0.2, 0.25) is 0 Å². The second-order valence-corrected chi connectivity index (χ2v) is 4.78. The van der Waals surface area contributed by atoms with E-state index in [4.69, 9.17) is 10.00 Å². The summed E-state index contributed by atoms with van der Waals surface area (Å²) in [6.07, 6.45) is 3.62. The number of rotatable bonds is 5. The van der Waals surface area contributed by atoms with E-state index in [0.717, 1.165) is 16.8 Å². The fraction of sp³-hybridized carbons (Fsp3) is 0.118. The summed E-state index contributed by atoms with van der Waals surface area (Å²) in [4.78, 5) is 4.33. The van der Waals surface area contributed by atoms with Crippen LogP contribution >= 0.6 is 0 Å². The summed E-state index contributed by atoms with van der Waals surface area (Å²) in [5.41, 5.74) is 3.43. The van der Waals surface area contributed by atoms with Gasteiger partial charge >= 0.3 is 0 Å². The number of aromatic amines is 1. The molecule has 114 valence electrons. The van der Waals surface area contributed by atoms with Crippen LogP contribution < -0.4 is 10.1 Å². The van der Waals surface area contributed by atoms with Crippen LogP contribution in [0, 0.1) is 11.3 Å². The molecule has 0 unspecified atom stereocenters. The Bertz CT molecular complexity index is 819. The summed E-state index contributed by atoms with van der Waals surface area (Å²) in [6, 6.07) is 13.4. The molecule has 2 N–H and O–H groups in total. The topological polar surface area (TPSA) is 86.6 Å². The number of nitriles is 1. The Kier molecular flexibility index (Phi) is 4.20. The van der Waals surface area contributed by atoms with E-state index in [9.17, 15) is 0 Å². The number of benzene rings is 1. The number of nitrogens with one attached hydrogen (secondary N) is 2. The van der Waals surface area contributed by atoms with Crippen LogP contribution in [0.4, 0.5) is 11.5 Å². The van der Waals surface area contributed by atoms with E-state index in [1.54, 1.807) is 18.3 Å². The van der Waals surface area contributed by atoms with E-state index < -0.39 is 0 Å². The minimum Gasteiger partial charge on any atom is -0.477 e. The number of pyridine rings is 1. The van der Waals surface area contributed by atoms with Crippen LogP contribution in [-0.2, 0) is 0 Å². The molecular weight excluding hydrogens is 290 g/mol. The van der Waals surface area contributed by atoms with Crippen molar-refractivity contribution in [2.75, 3.05) is 11.9 Å². The summed E-state index contributed by atoms with van der Waals surface area (Å²) >= 11 is 0. The molecule has 0 aliphatic carbocycles. The lowest BCUT2D eigenvalue weighted by molar-refractivity contribution is 0.326. The van der Waals surface area contributed by atoms with Gasteiger partial charge in [0.1, 0.15) is 17.5 Å². The maximum absolute atomic E-state index is 9.05. The summed E-state index contributed by atoms with van der Waals surface area (Å²) in [6.45, 7) is 2.32. The number of anilines is 2. The van der Waals surface area contributed by atoms with Crippen LogP contribution in [0.25, 0.3) is 11.1 Å². The predicted molar refractivity (Wildman–Crippen MR) is 87.4 cm³/mol. The second kappa shape index (κ2) is 6.62. The van der Waals surface area contributed by atoms with Gasteiger partial charge in [0, 0.05) is 17.4 Å². The fourth-order valence-corrected chi connectivity index (χ4v) is 2.14. The first kappa shape index (κ1) is 14.6. The highest BCUT2D eigenvalue weighted by atomic mass is 16.5. The predicted octanol–water partition coefficient (Wildman–Crippen LogP) is 3.49. The average molecular weight is 305 g/mol. The largest absolute Gasteiger partial charge is 0.477 e. The van der Waals surface area contributed by atoms with Crippen molar-refractivity contribution < 1.29 is 4.74 Å². The molecule has 0 spiro atoms. The lowest BCUT2D eigenvalue weighted by Gasteiger charge is -2.09. The highest BCUT2D eigenvalue weighted by molar-refractivity contribution is 5.66. The summed E-state index contributed by atoms with van der Waals surface area (Å²) in [5, 5.41) is 19.0. The Labute approximate surface area is 133 Å². The van der Waals surface area contributed by atoms with Gasteiger partial charge in [-0.15, -0.1) is 0 Å². The Hall–Kier alpha value is -3.33. The number of ether oxygens (including phenoxy) is 1. The molecule has 2 heterocycles. The molecule has 0 aliphatic heterocycles. The zero-order chi connectivity index (χ0) is 16.1. The van der Waals surface area contributed by atoms with Crippen LogP contribution in [0.5, 0.6) is 5.88 Å². The molecule has 0 atom stereocenters. The number of aromatic nitrogens is 3. The fourth-order valence-electron chi connectivity index (χ4n) is 2.14. The van der Waals surface area contributed by atoms with Crippen molar-refractivity contribution in [1.82, 2.24) is 15.2 Å². The van der Waals surface area contributed by atoms with Gasteiger partial charge in [-0.25, -0.2) is 0 Å². The van der Waals surface area contributed by atoms with E-state index in [0.29, 0.717) is 23.9 Å². The van der Waals surface area contributed by atoms with Crippen molar-refractivity contribution >= 4 is 11.5 Å². The van der Waals surface area contributed by atoms with Gasteiger partial charge in [-0.1, -0.05) is 12.1 Å². The Morgan fingerprint density at radius 3 is 2.65 bits per heavy atom. The number of hydrogen-bond donors (Lipinski definition) is 2. The van der Waals surface area contributed by atoms with Crippen molar-refractivity contribution in [3.05, 3.63) is 54.4 Å². The van der Waals surface area contributed by atoms with E-state index in [1.807, 2.05) is 37.4 Å². The van der Waals surface area contributed by atoms with Gasteiger partial charge in [-0.2, -0.15) is 15.3 Å². The zero-order valence-electron chi connectivity index (χ0n) is 12.6. The molecule has 2 aromatic heterocycles. The van der Waals surface area contributed by atoms with Gasteiger partial charge in [0.15, 0.2) is 0 Å². The summed E-state index contributed by atoms with van der Waals surface area (Å²) < 4.78 is 5.39. The molecule has 6 nitrogen and oxygen atoms in total. The van der Waals surface area contributed by atoms with Crippen molar-refractivity contribution in [3.8, 4) is 23.1 Å². The third-order valence-electron chi connectivity index (χ3n) is 3.25. The normalized spacial score (nSPS) is 10.1. The van der Waals surface area contributed by atoms with E-state index in [2.05, 4.69) is 26.6 Å². The van der Waals surface area contributed by atoms with Gasteiger partial charge in [0.05, 0.1) is 12.8 Å². The standard InChI is InChI=1S/C17H15N5O/c1-2-23-17-13(9-18)5-8-16(22-17)21-15-6-3-12(4-7-15)14-10-19-20-11-14/h3-8,10-11H,2H2,1H3,(H,19,20)(H,21,22). The molecule has 0 radical (unpaired) electrons. The molecule has 0 fully saturated rings. The van der Waals surface area contributed by atoms with E-state index >= 15 is 0 Å². The molecule has 3 aromatic rings. The maximum atomic E-state index is 9.05. The van der Waals surface area contributed by atoms with Crippen molar-refractivity contribution in [2.24, 2.45) is 0 Å². The van der Waals surface area contributed by atoms with Crippen molar-refractivity contribution in [3.63, 3.8) is 0 Å². The summed E-state index contributed by atoms with van der Waals surface area (Å²) in [5.74, 6) is 0.971. The number of hydrogen-bond acceptors (Lipinski definition) is 5. The highest BCUT2D eigenvalue weighted by Gasteiger charge is 2.07. The van der Waals surface area contributed by atoms with Gasteiger partial charge in [0.25, 0.3) is 0 Å². The van der Waals surface area contributed by atoms with E-state index in [1.165, 1.54) is 0 Å². The molecular formula is C17H15N5O. The quantitative estimate of drug-likeness (QED) is 0.753. The first-order valence-electron chi connectivity index (χ1n) is 7.20.